The highest BCUT2D eigenvalue weighted by molar-refractivity contribution is 9.10. The van der Waals surface area contributed by atoms with E-state index in [4.69, 9.17) is 4.74 Å². The zero-order valence-corrected chi connectivity index (χ0v) is 13.7. The summed E-state index contributed by atoms with van der Waals surface area (Å²) < 4.78 is 32.8. The first-order valence-electron chi connectivity index (χ1n) is 6.28. The van der Waals surface area contributed by atoms with Crippen molar-refractivity contribution in [1.29, 1.82) is 0 Å². The molecule has 7 nitrogen and oxygen atoms in total. The number of halogens is 1. The van der Waals surface area contributed by atoms with Crippen molar-refractivity contribution in [3.8, 4) is 0 Å². The molecule has 0 spiro atoms. The van der Waals surface area contributed by atoms with Crippen LogP contribution in [-0.2, 0) is 14.8 Å². The molecule has 1 aromatic rings. The average Bonchev–Trinajstić information content (AvgIpc) is 2.37. The molecule has 9 heteroatoms. The van der Waals surface area contributed by atoms with Gasteiger partial charge >= 0.3 is 0 Å². The van der Waals surface area contributed by atoms with E-state index in [1.165, 1.54) is 19.2 Å². The molecule has 0 bridgehead atoms. The summed E-state index contributed by atoms with van der Waals surface area (Å²) in [6, 6.07) is 3.81. The third-order valence-corrected chi connectivity index (χ3v) is 5.61. The molecule has 2 rings (SSSR count). The molecule has 0 unspecified atom stereocenters. The Bertz CT molecular complexity index is 652. The van der Waals surface area contributed by atoms with Crippen LogP contribution in [0.2, 0.25) is 0 Å². The Morgan fingerprint density at radius 2 is 2.14 bits per heavy atom. The van der Waals surface area contributed by atoms with Crippen molar-refractivity contribution >= 4 is 31.6 Å². The van der Waals surface area contributed by atoms with Crippen molar-refractivity contribution in [3.63, 3.8) is 0 Å². The van der Waals surface area contributed by atoms with Crippen LogP contribution in [0.5, 0.6) is 0 Å². The number of nitro groups is 1. The van der Waals surface area contributed by atoms with Gasteiger partial charge in [-0.3, -0.25) is 10.1 Å². The number of rotatable bonds is 6. The van der Waals surface area contributed by atoms with Gasteiger partial charge in [-0.1, -0.05) is 15.9 Å². The van der Waals surface area contributed by atoms with E-state index in [9.17, 15) is 18.5 Å². The highest BCUT2D eigenvalue weighted by Crippen LogP contribution is 2.35. The van der Waals surface area contributed by atoms with Gasteiger partial charge in [-0.05, 0) is 31.4 Å². The maximum atomic E-state index is 12.3. The topological polar surface area (TPSA) is 98.5 Å². The first kappa shape index (κ1) is 16.3. The average molecular weight is 379 g/mol. The number of hydrogen-bond donors (Lipinski definition) is 1. The maximum Gasteiger partial charge on any atom is 0.289 e. The molecule has 0 heterocycles. The van der Waals surface area contributed by atoms with E-state index in [1.807, 2.05) is 0 Å². The second kappa shape index (κ2) is 5.99. The monoisotopic (exact) mass is 378 g/mol. The van der Waals surface area contributed by atoms with Gasteiger partial charge in [-0.2, -0.15) is 0 Å². The summed E-state index contributed by atoms with van der Waals surface area (Å²) in [7, 11) is -2.44. The van der Waals surface area contributed by atoms with Crippen molar-refractivity contribution in [2.24, 2.45) is 0 Å². The number of nitrogens with zero attached hydrogens (tertiary/aromatic N) is 1. The van der Waals surface area contributed by atoms with Gasteiger partial charge < -0.3 is 4.74 Å². The molecule has 1 aliphatic carbocycles. The second-order valence-corrected chi connectivity index (χ2v) is 7.59. The predicted octanol–water partition coefficient (Wildman–Crippen LogP) is 2.20. The van der Waals surface area contributed by atoms with E-state index >= 15 is 0 Å². The molecule has 1 aliphatic rings. The maximum absolute atomic E-state index is 12.3. The van der Waals surface area contributed by atoms with E-state index in [2.05, 4.69) is 20.7 Å². The van der Waals surface area contributed by atoms with Crippen LogP contribution in [0.4, 0.5) is 5.69 Å². The summed E-state index contributed by atoms with van der Waals surface area (Å²) in [5.74, 6) is 0. The van der Waals surface area contributed by atoms with Crippen LogP contribution in [0.15, 0.2) is 27.6 Å². The van der Waals surface area contributed by atoms with Gasteiger partial charge in [0.25, 0.3) is 5.69 Å². The fourth-order valence-electron chi connectivity index (χ4n) is 2.18. The van der Waals surface area contributed by atoms with E-state index in [0.717, 1.165) is 25.3 Å². The summed E-state index contributed by atoms with van der Waals surface area (Å²) in [6.45, 7) is 0.107. The number of ether oxygens (including phenoxy) is 1. The van der Waals surface area contributed by atoms with Crippen LogP contribution in [-0.4, -0.2) is 32.6 Å². The molecular weight excluding hydrogens is 364 g/mol. The first-order chi connectivity index (χ1) is 9.80. The van der Waals surface area contributed by atoms with Crippen LogP contribution in [0, 0.1) is 10.1 Å². The minimum atomic E-state index is -3.98. The largest absolute Gasteiger partial charge is 0.377 e. The standard InChI is InChI=1S/C12H15BrN2O5S/c1-20-12(5-2-6-12)8-14-21(18,19)11-7-9(13)3-4-10(11)15(16)17/h3-4,7,14H,2,5-6,8H2,1H3. The molecule has 0 radical (unpaired) electrons. The van der Waals surface area contributed by atoms with Gasteiger partial charge in [0.05, 0.1) is 10.5 Å². The molecule has 1 aromatic carbocycles. The zero-order chi connectivity index (χ0) is 15.7. The van der Waals surface area contributed by atoms with E-state index in [-0.39, 0.29) is 11.4 Å². The van der Waals surface area contributed by atoms with Gasteiger partial charge in [0, 0.05) is 24.2 Å². The molecule has 0 saturated heterocycles. The molecule has 1 N–H and O–H groups in total. The fraction of sp³-hybridized carbons (Fsp3) is 0.500. The Hall–Kier alpha value is -1.03. The molecule has 1 saturated carbocycles. The fourth-order valence-corrected chi connectivity index (χ4v) is 4.00. The quantitative estimate of drug-likeness (QED) is 0.604. The lowest BCUT2D eigenvalue weighted by Gasteiger charge is -2.40. The van der Waals surface area contributed by atoms with E-state index in [1.54, 1.807) is 0 Å². The van der Waals surface area contributed by atoms with Crippen LogP contribution in [0.25, 0.3) is 0 Å². The van der Waals surface area contributed by atoms with E-state index < -0.39 is 26.2 Å². The van der Waals surface area contributed by atoms with Crippen molar-refractivity contribution in [1.82, 2.24) is 4.72 Å². The van der Waals surface area contributed by atoms with E-state index in [0.29, 0.717) is 4.47 Å². The number of methoxy groups -OCH3 is 1. The Morgan fingerprint density at radius 3 is 2.62 bits per heavy atom. The van der Waals surface area contributed by atoms with Gasteiger partial charge in [-0.25, -0.2) is 13.1 Å². The Labute approximate surface area is 131 Å². The predicted molar refractivity (Wildman–Crippen MR) is 79.6 cm³/mol. The summed E-state index contributed by atoms with van der Waals surface area (Å²) in [6.07, 6.45) is 2.52. The van der Waals surface area contributed by atoms with Crippen LogP contribution < -0.4 is 4.72 Å². The molecule has 0 atom stereocenters. The summed E-state index contributed by atoms with van der Waals surface area (Å²) >= 11 is 3.13. The summed E-state index contributed by atoms with van der Waals surface area (Å²) in [5, 5.41) is 11.0. The molecule has 0 amide bonds. The van der Waals surface area contributed by atoms with Crippen molar-refractivity contribution in [2.45, 2.75) is 29.8 Å². The second-order valence-electron chi connectivity index (χ2n) is 4.93. The van der Waals surface area contributed by atoms with Crippen LogP contribution in [0.3, 0.4) is 0 Å². The zero-order valence-electron chi connectivity index (χ0n) is 11.3. The van der Waals surface area contributed by atoms with Crippen LogP contribution >= 0.6 is 15.9 Å². The molecule has 21 heavy (non-hydrogen) atoms. The van der Waals surface area contributed by atoms with Crippen molar-refractivity contribution < 1.29 is 18.1 Å². The molecule has 1 fully saturated rings. The smallest absolute Gasteiger partial charge is 0.289 e. The normalized spacial score (nSPS) is 17.2. The lowest BCUT2D eigenvalue weighted by molar-refractivity contribution is -0.387. The van der Waals surface area contributed by atoms with Crippen molar-refractivity contribution in [3.05, 3.63) is 32.8 Å². The minimum Gasteiger partial charge on any atom is -0.377 e. The summed E-state index contributed by atoms with van der Waals surface area (Å²) in [4.78, 5) is 9.91. The molecule has 116 valence electrons. The number of sulfonamides is 1. The van der Waals surface area contributed by atoms with Gasteiger partial charge in [0.2, 0.25) is 10.0 Å². The van der Waals surface area contributed by atoms with Gasteiger partial charge in [-0.15, -0.1) is 0 Å². The van der Waals surface area contributed by atoms with Gasteiger partial charge in [0.15, 0.2) is 4.90 Å². The number of hydrogen-bond acceptors (Lipinski definition) is 5. The molecule has 0 aliphatic heterocycles. The Balaban J connectivity index is 2.27. The number of nitro benzene ring substituents is 1. The number of nitrogens with one attached hydrogen (secondary N) is 1. The third kappa shape index (κ3) is 3.42. The minimum absolute atomic E-state index is 0.107. The lowest BCUT2D eigenvalue weighted by atomic mass is 9.80. The molecular formula is C12H15BrN2O5S. The Kier molecular flexibility index (Phi) is 4.66. The highest BCUT2D eigenvalue weighted by Gasteiger charge is 2.38. The van der Waals surface area contributed by atoms with Gasteiger partial charge in [0.1, 0.15) is 0 Å². The highest BCUT2D eigenvalue weighted by atomic mass is 79.9. The third-order valence-electron chi connectivity index (χ3n) is 3.69. The number of benzene rings is 1. The SMILES string of the molecule is COC1(CNS(=O)(=O)c2cc(Br)ccc2[N+](=O)[O-])CCC1. The van der Waals surface area contributed by atoms with Crippen LogP contribution in [0.1, 0.15) is 19.3 Å². The first-order valence-corrected chi connectivity index (χ1v) is 8.56. The molecule has 0 aromatic heterocycles. The lowest BCUT2D eigenvalue weighted by Crippen LogP contribution is -2.49. The Morgan fingerprint density at radius 1 is 1.48 bits per heavy atom. The summed E-state index contributed by atoms with van der Waals surface area (Å²) in [5.41, 5.74) is -0.945. The van der Waals surface area contributed by atoms with Crippen molar-refractivity contribution in [2.75, 3.05) is 13.7 Å².